The van der Waals surface area contributed by atoms with Gasteiger partial charge in [0.15, 0.2) is 0 Å². The van der Waals surface area contributed by atoms with E-state index in [0.717, 1.165) is 5.02 Å². The van der Waals surface area contributed by atoms with Crippen LogP contribution < -0.4 is 5.32 Å². The van der Waals surface area contributed by atoms with Crippen molar-refractivity contribution in [2.75, 3.05) is 20.1 Å². The summed E-state index contributed by atoms with van der Waals surface area (Å²) < 4.78 is 0. The fourth-order valence-corrected chi connectivity index (χ4v) is 2.99. The number of hydrogen-bond acceptors (Lipinski definition) is 2. The molecule has 18 heavy (non-hydrogen) atoms. The van der Waals surface area contributed by atoms with Crippen molar-refractivity contribution in [2.45, 2.75) is 32.4 Å². The minimum Gasteiger partial charge on any atom is -0.307 e. The number of benzene rings is 1. The van der Waals surface area contributed by atoms with E-state index in [9.17, 15) is 0 Å². The Morgan fingerprint density at radius 1 is 1.44 bits per heavy atom. The molecule has 1 fully saturated rings. The third-order valence-corrected chi connectivity index (χ3v) is 4.16. The van der Waals surface area contributed by atoms with Crippen LogP contribution in [0.25, 0.3) is 0 Å². The maximum Gasteiger partial charge on any atom is 0.0409 e. The summed E-state index contributed by atoms with van der Waals surface area (Å²) in [6.45, 7) is 6.92. The number of likely N-dealkylation sites (tertiary alicyclic amines) is 1. The molecule has 0 saturated carbocycles. The van der Waals surface area contributed by atoms with Crippen LogP contribution in [0.3, 0.4) is 0 Å². The van der Waals surface area contributed by atoms with Crippen LogP contribution in [0, 0.1) is 5.92 Å². The molecule has 3 heteroatoms. The first-order valence-electron chi connectivity index (χ1n) is 6.76. The van der Waals surface area contributed by atoms with E-state index in [4.69, 9.17) is 11.6 Å². The van der Waals surface area contributed by atoms with Crippen LogP contribution in [0.4, 0.5) is 0 Å². The third kappa shape index (κ3) is 3.47. The monoisotopic (exact) mass is 266 g/mol. The van der Waals surface area contributed by atoms with Gasteiger partial charge in [0.1, 0.15) is 0 Å². The van der Waals surface area contributed by atoms with E-state index in [1.807, 2.05) is 12.1 Å². The SMILES string of the molecule is CC(NC1CCN(C)CC1C)c1cccc(Cl)c1. The Kier molecular flexibility index (Phi) is 4.66. The molecule has 1 N–H and O–H groups in total. The van der Waals surface area contributed by atoms with Crippen molar-refractivity contribution in [1.29, 1.82) is 0 Å². The molecule has 0 spiro atoms. The van der Waals surface area contributed by atoms with Crippen LogP contribution in [0.1, 0.15) is 31.9 Å². The van der Waals surface area contributed by atoms with Crippen LogP contribution >= 0.6 is 11.6 Å². The molecule has 0 aromatic heterocycles. The predicted octanol–water partition coefficient (Wildman–Crippen LogP) is 3.33. The van der Waals surface area contributed by atoms with Gasteiger partial charge < -0.3 is 10.2 Å². The third-order valence-electron chi connectivity index (χ3n) is 3.92. The zero-order chi connectivity index (χ0) is 13.1. The van der Waals surface area contributed by atoms with Gasteiger partial charge in [-0.2, -0.15) is 0 Å². The van der Waals surface area contributed by atoms with Gasteiger partial charge in [0.25, 0.3) is 0 Å². The molecule has 1 aromatic carbocycles. The molecule has 1 aliphatic heterocycles. The first-order valence-corrected chi connectivity index (χ1v) is 7.14. The lowest BCUT2D eigenvalue weighted by Gasteiger charge is -2.37. The van der Waals surface area contributed by atoms with Crippen molar-refractivity contribution in [1.82, 2.24) is 10.2 Å². The lowest BCUT2D eigenvalue weighted by Crippen LogP contribution is -2.47. The fourth-order valence-electron chi connectivity index (χ4n) is 2.80. The molecular weight excluding hydrogens is 244 g/mol. The highest BCUT2D eigenvalue weighted by molar-refractivity contribution is 6.30. The number of nitrogens with zero attached hydrogens (tertiary/aromatic N) is 1. The molecule has 1 aliphatic rings. The Bertz CT molecular complexity index is 394. The normalized spacial score (nSPS) is 27.1. The van der Waals surface area contributed by atoms with E-state index in [1.165, 1.54) is 25.1 Å². The van der Waals surface area contributed by atoms with Gasteiger partial charge in [0.05, 0.1) is 0 Å². The summed E-state index contributed by atoms with van der Waals surface area (Å²) in [5, 5.41) is 4.56. The summed E-state index contributed by atoms with van der Waals surface area (Å²) >= 11 is 6.05. The molecule has 1 saturated heterocycles. The van der Waals surface area contributed by atoms with Gasteiger partial charge in [0, 0.05) is 23.7 Å². The second kappa shape index (κ2) is 6.05. The predicted molar refractivity (Wildman–Crippen MR) is 78.1 cm³/mol. The van der Waals surface area contributed by atoms with Gasteiger partial charge in [-0.15, -0.1) is 0 Å². The summed E-state index contributed by atoms with van der Waals surface area (Å²) in [5.74, 6) is 0.699. The molecule has 0 bridgehead atoms. The zero-order valence-electron chi connectivity index (χ0n) is 11.5. The van der Waals surface area contributed by atoms with Crippen molar-refractivity contribution in [3.8, 4) is 0 Å². The Hall–Kier alpha value is -0.570. The van der Waals surface area contributed by atoms with Gasteiger partial charge in [-0.25, -0.2) is 0 Å². The van der Waals surface area contributed by atoms with Crippen LogP contribution in [-0.4, -0.2) is 31.1 Å². The molecule has 100 valence electrons. The highest BCUT2D eigenvalue weighted by Gasteiger charge is 2.25. The fraction of sp³-hybridized carbons (Fsp3) is 0.600. The van der Waals surface area contributed by atoms with Crippen LogP contribution in [0.2, 0.25) is 5.02 Å². The number of halogens is 1. The van der Waals surface area contributed by atoms with E-state index in [0.29, 0.717) is 18.0 Å². The van der Waals surface area contributed by atoms with Crippen molar-refractivity contribution in [2.24, 2.45) is 5.92 Å². The summed E-state index contributed by atoms with van der Waals surface area (Å²) in [7, 11) is 2.20. The molecule has 0 radical (unpaired) electrons. The topological polar surface area (TPSA) is 15.3 Å². The number of nitrogens with one attached hydrogen (secondary N) is 1. The summed E-state index contributed by atoms with van der Waals surface area (Å²) in [5.41, 5.74) is 1.27. The van der Waals surface area contributed by atoms with Crippen LogP contribution in [0.5, 0.6) is 0 Å². The quantitative estimate of drug-likeness (QED) is 0.903. The number of piperidine rings is 1. The Morgan fingerprint density at radius 2 is 2.22 bits per heavy atom. The average molecular weight is 267 g/mol. The minimum atomic E-state index is 0.361. The van der Waals surface area contributed by atoms with E-state index in [-0.39, 0.29) is 0 Å². The Labute approximate surface area is 115 Å². The van der Waals surface area contributed by atoms with Gasteiger partial charge >= 0.3 is 0 Å². The molecule has 3 unspecified atom stereocenters. The van der Waals surface area contributed by atoms with E-state index in [2.05, 4.69) is 43.2 Å². The van der Waals surface area contributed by atoms with E-state index >= 15 is 0 Å². The Balaban J connectivity index is 1.97. The molecule has 2 rings (SSSR count). The highest BCUT2D eigenvalue weighted by atomic mass is 35.5. The zero-order valence-corrected chi connectivity index (χ0v) is 12.2. The maximum absolute atomic E-state index is 6.05. The smallest absolute Gasteiger partial charge is 0.0409 e. The van der Waals surface area contributed by atoms with Crippen molar-refractivity contribution < 1.29 is 0 Å². The van der Waals surface area contributed by atoms with Crippen molar-refractivity contribution >= 4 is 11.6 Å². The molecule has 2 nitrogen and oxygen atoms in total. The van der Waals surface area contributed by atoms with Crippen LogP contribution in [-0.2, 0) is 0 Å². The molecule has 0 aliphatic carbocycles. The molecular formula is C15H23ClN2. The van der Waals surface area contributed by atoms with Crippen LogP contribution in [0.15, 0.2) is 24.3 Å². The average Bonchev–Trinajstić information content (AvgIpc) is 2.32. The van der Waals surface area contributed by atoms with Gasteiger partial charge in [-0.05, 0) is 50.6 Å². The Morgan fingerprint density at radius 3 is 2.89 bits per heavy atom. The van der Waals surface area contributed by atoms with Gasteiger partial charge in [-0.3, -0.25) is 0 Å². The summed E-state index contributed by atoms with van der Waals surface area (Å²) in [6.07, 6.45) is 1.22. The largest absolute Gasteiger partial charge is 0.307 e. The van der Waals surface area contributed by atoms with Crippen molar-refractivity contribution in [3.05, 3.63) is 34.9 Å². The van der Waals surface area contributed by atoms with E-state index < -0.39 is 0 Å². The highest BCUT2D eigenvalue weighted by Crippen LogP contribution is 2.22. The summed E-state index contributed by atoms with van der Waals surface area (Å²) in [6, 6.07) is 9.11. The van der Waals surface area contributed by atoms with Gasteiger partial charge in [-0.1, -0.05) is 30.7 Å². The molecule has 1 heterocycles. The van der Waals surface area contributed by atoms with E-state index in [1.54, 1.807) is 0 Å². The standard InChI is InChI=1S/C15H23ClN2/c1-11-10-18(3)8-7-15(11)17-12(2)13-5-4-6-14(16)9-13/h4-6,9,11-12,15,17H,7-8,10H2,1-3H3. The first kappa shape index (κ1) is 13.9. The lowest BCUT2D eigenvalue weighted by atomic mass is 9.93. The number of rotatable bonds is 3. The maximum atomic E-state index is 6.05. The second-order valence-corrected chi connectivity index (χ2v) is 6.01. The second-order valence-electron chi connectivity index (χ2n) is 5.58. The molecule has 0 amide bonds. The first-order chi connectivity index (χ1) is 8.56. The molecule has 3 atom stereocenters. The minimum absolute atomic E-state index is 0.361. The van der Waals surface area contributed by atoms with Gasteiger partial charge in [0.2, 0.25) is 0 Å². The summed E-state index contributed by atoms with van der Waals surface area (Å²) in [4.78, 5) is 2.41. The number of hydrogen-bond donors (Lipinski definition) is 1. The van der Waals surface area contributed by atoms with Crippen molar-refractivity contribution in [3.63, 3.8) is 0 Å². The molecule has 1 aromatic rings. The lowest BCUT2D eigenvalue weighted by molar-refractivity contribution is 0.168.